The van der Waals surface area contributed by atoms with Crippen LogP contribution in [0, 0.1) is 11.8 Å². The fraction of sp³-hybridized carbons (Fsp3) is 0.548. The van der Waals surface area contributed by atoms with Crippen LogP contribution in [0.25, 0.3) is 6.08 Å². The number of aliphatic hydroxyl groups is 1. The first-order chi connectivity index (χ1) is 19.4. The zero-order valence-corrected chi connectivity index (χ0v) is 25.0. The van der Waals surface area contributed by atoms with Gasteiger partial charge in [0.1, 0.15) is 18.1 Å². The first-order valence-corrected chi connectivity index (χ1v) is 14.4. The fourth-order valence-corrected chi connectivity index (χ4v) is 4.62. The van der Waals surface area contributed by atoms with Crippen molar-refractivity contribution in [2.75, 3.05) is 6.54 Å². The van der Waals surface area contributed by atoms with Crippen molar-refractivity contribution in [1.29, 1.82) is 0 Å². The highest BCUT2D eigenvalue weighted by Gasteiger charge is 2.34. The van der Waals surface area contributed by atoms with E-state index in [9.17, 15) is 24.3 Å². The van der Waals surface area contributed by atoms with Crippen LogP contribution in [0.15, 0.2) is 43.5 Å². The van der Waals surface area contributed by atoms with Crippen molar-refractivity contribution in [3.8, 4) is 0 Å². The molecule has 1 saturated heterocycles. The highest BCUT2D eigenvalue weighted by atomic mass is 16.3. The van der Waals surface area contributed by atoms with Crippen molar-refractivity contribution in [1.82, 2.24) is 26.4 Å². The molecular weight excluding hydrogens is 522 g/mol. The summed E-state index contributed by atoms with van der Waals surface area (Å²) >= 11 is 0. The molecule has 0 radical (unpaired) electrons. The number of aliphatic hydroxyl groups excluding tert-OH is 1. The van der Waals surface area contributed by atoms with E-state index in [1.54, 1.807) is 39.8 Å². The molecule has 5 N–H and O–H groups in total. The Hall–Kier alpha value is -3.50. The Morgan fingerprint density at radius 1 is 1.07 bits per heavy atom. The number of amides is 4. The highest BCUT2D eigenvalue weighted by Crippen LogP contribution is 2.17. The van der Waals surface area contributed by atoms with Crippen molar-refractivity contribution in [2.24, 2.45) is 11.8 Å². The number of hydrogen-bond acceptors (Lipinski definition) is 6. The van der Waals surface area contributed by atoms with E-state index >= 15 is 0 Å². The van der Waals surface area contributed by atoms with Crippen molar-refractivity contribution in [2.45, 2.75) is 90.6 Å². The molecule has 0 saturated carbocycles. The van der Waals surface area contributed by atoms with E-state index in [-0.39, 0.29) is 23.8 Å². The number of rotatable bonds is 14. The van der Waals surface area contributed by atoms with Gasteiger partial charge in [-0.2, -0.15) is 0 Å². The summed E-state index contributed by atoms with van der Waals surface area (Å²) in [5.41, 5.74) is 4.92. The quantitative estimate of drug-likeness (QED) is 0.218. The Labute approximate surface area is 244 Å². The van der Waals surface area contributed by atoms with Gasteiger partial charge in [0.05, 0.1) is 18.1 Å². The predicted molar refractivity (Wildman–Crippen MR) is 160 cm³/mol. The third kappa shape index (κ3) is 9.82. The Bertz CT molecular complexity index is 1090. The van der Waals surface area contributed by atoms with Crippen LogP contribution in [0.1, 0.15) is 77.5 Å². The molecule has 1 fully saturated rings. The van der Waals surface area contributed by atoms with Gasteiger partial charge in [-0.25, -0.2) is 5.43 Å². The fourth-order valence-electron chi connectivity index (χ4n) is 4.62. The normalized spacial score (nSPS) is 18.8. The largest absolute Gasteiger partial charge is 0.392 e. The molecule has 0 bridgehead atoms. The van der Waals surface area contributed by atoms with E-state index in [2.05, 4.69) is 34.5 Å². The average molecular weight is 570 g/mol. The Morgan fingerprint density at radius 2 is 1.78 bits per heavy atom. The molecule has 4 amide bonds. The molecule has 6 atom stereocenters. The van der Waals surface area contributed by atoms with Crippen molar-refractivity contribution < 1.29 is 24.3 Å². The standard InChI is InChI=1S/C31H47N5O5/c1-8-10-16-26(37)20(5)28(38)34-27(19(3)4)30(40)33-22(7)31(41)36-17-12-15-25(35-36)29(39)32-21(6)24-14-11-13-23(9-2)18-24/h8-9,11,13-14,18-22,25-27,35,37H,1-2,10,12,15-17H2,3-7H3,(H,32,39)(H,33,40)(H,34,38)/t20-,21-,22?,25+,26-,27+/m1/s1. The molecule has 1 heterocycles. The zero-order chi connectivity index (χ0) is 30.7. The topological polar surface area (TPSA) is 140 Å². The Balaban J connectivity index is 1.96. The highest BCUT2D eigenvalue weighted by molar-refractivity contribution is 5.92. The number of nitrogens with zero attached hydrogens (tertiary/aromatic N) is 1. The molecule has 1 aromatic rings. The SMILES string of the molecule is C=CCC[C@@H](O)[C@@H](C)C(=O)N[C@H](C(=O)NC(C)C(=O)N1CCC[C@@H](C(=O)N[C@H](C)c2cccc(C=C)c2)N1)C(C)C. The zero-order valence-electron chi connectivity index (χ0n) is 25.0. The second kappa shape index (κ2) is 16.1. The van der Waals surface area contributed by atoms with Gasteiger partial charge in [0.15, 0.2) is 0 Å². The third-order valence-corrected chi connectivity index (χ3v) is 7.41. The summed E-state index contributed by atoms with van der Waals surface area (Å²) in [5.74, 6) is -2.51. The van der Waals surface area contributed by atoms with Gasteiger partial charge >= 0.3 is 0 Å². The third-order valence-electron chi connectivity index (χ3n) is 7.41. The van der Waals surface area contributed by atoms with Crippen LogP contribution < -0.4 is 21.4 Å². The number of allylic oxidation sites excluding steroid dienone is 1. The molecule has 1 aliphatic heterocycles. The second-order valence-corrected chi connectivity index (χ2v) is 11.1. The molecule has 0 aromatic heterocycles. The molecule has 10 heteroatoms. The van der Waals surface area contributed by atoms with E-state index in [1.165, 1.54) is 5.01 Å². The molecule has 0 spiro atoms. The van der Waals surface area contributed by atoms with Crippen LogP contribution in [0.3, 0.4) is 0 Å². The van der Waals surface area contributed by atoms with Gasteiger partial charge in [-0.05, 0) is 62.6 Å². The van der Waals surface area contributed by atoms with Crippen molar-refractivity contribution in [3.63, 3.8) is 0 Å². The maximum Gasteiger partial charge on any atom is 0.258 e. The molecule has 0 aliphatic carbocycles. The maximum absolute atomic E-state index is 13.2. The summed E-state index contributed by atoms with van der Waals surface area (Å²) in [4.78, 5) is 52.0. The summed E-state index contributed by atoms with van der Waals surface area (Å²) in [7, 11) is 0. The van der Waals surface area contributed by atoms with E-state index in [1.807, 2.05) is 31.2 Å². The van der Waals surface area contributed by atoms with Gasteiger partial charge < -0.3 is 21.1 Å². The molecular formula is C31H47N5O5. The molecule has 226 valence electrons. The lowest BCUT2D eigenvalue weighted by atomic mass is 9.97. The van der Waals surface area contributed by atoms with Gasteiger partial charge in [0, 0.05) is 6.54 Å². The van der Waals surface area contributed by atoms with E-state index < -0.39 is 42.0 Å². The number of hydrogen-bond donors (Lipinski definition) is 5. The molecule has 1 aromatic carbocycles. The minimum atomic E-state index is -0.897. The van der Waals surface area contributed by atoms with Crippen LogP contribution in [0.2, 0.25) is 0 Å². The Morgan fingerprint density at radius 3 is 2.41 bits per heavy atom. The van der Waals surface area contributed by atoms with Gasteiger partial charge in [0.2, 0.25) is 17.7 Å². The van der Waals surface area contributed by atoms with Gasteiger partial charge in [-0.3, -0.25) is 24.2 Å². The van der Waals surface area contributed by atoms with E-state index in [4.69, 9.17) is 0 Å². The first kappa shape index (κ1) is 33.7. The van der Waals surface area contributed by atoms with Crippen molar-refractivity contribution in [3.05, 3.63) is 54.6 Å². The smallest absolute Gasteiger partial charge is 0.258 e. The summed E-state index contributed by atoms with van der Waals surface area (Å²) in [6.45, 7) is 16.5. The minimum Gasteiger partial charge on any atom is -0.392 e. The summed E-state index contributed by atoms with van der Waals surface area (Å²) < 4.78 is 0. The Kier molecular flexibility index (Phi) is 13.2. The summed E-state index contributed by atoms with van der Waals surface area (Å²) in [6.07, 6.45) is 4.71. The van der Waals surface area contributed by atoms with Gasteiger partial charge in [-0.1, -0.05) is 57.7 Å². The van der Waals surface area contributed by atoms with Crippen LogP contribution in [-0.2, 0) is 19.2 Å². The van der Waals surface area contributed by atoms with Crippen LogP contribution >= 0.6 is 0 Å². The van der Waals surface area contributed by atoms with E-state index in [0.29, 0.717) is 32.2 Å². The van der Waals surface area contributed by atoms with Crippen LogP contribution in [0.4, 0.5) is 0 Å². The van der Waals surface area contributed by atoms with E-state index in [0.717, 1.165) is 11.1 Å². The lowest BCUT2D eigenvalue weighted by Gasteiger charge is -2.35. The van der Waals surface area contributed by atoms with Crippen molar-refractivity contribution >= 4 is 29.7 Å². The molecule has 10 nitrogen and oxygen atoms in total. The lowest BCUT2D eigenvalue weighted by molar-refractivity contribution is -0.143. The second-order valence-electron chi connectivity index (χ2n) is 11.1. The number of carbonyl (C=O) groups excluding carboxylic acids is 4. The predicted octanol–water partition coefficient (Wildman–Crippen LogP) is 2.61. The van der Waals surface area contributed by atoms with Gasteiger partial charge in [-0.15, -0.1) is 6.58 Å². The average Bonchev–Trinajstić information content (AvgIpc) is 2.97. The molecule has 1 aliphatic rings. The van der Waals surface area contributed by atoms with Crippen LogP contribution in [-0.4, -0.2) is 64.5 Å². The molecule has 2 rings (SSSR count). The van der Waals surface area contributed by atoms with Crippen LogP contribution in [0.5, 0.6) is 0 Å². The molecule has 1 unspecified atom stereocenters. The summed E-state index contributed by atoms with van der Waals surface area (Å²) in [5, 5.41) is 20.1. The number of carbonyl (C=O) groups is 4. The monoisotopic (exact) mass is 569 g/mol. The molecule has 41 heavy (non-hydrogen) atoms. The number of nitrogens with one attached hydrogen (secondary N) is 4. The maximum atomic E-state index is 13.2. The number of benzene rings is 1. The van der Waals surface area contributed by atoms with Gasteiger partial charge in [0.25, 0.3) is 5.91 Å². The first-order valence-electron chi connectivity index (χ1n) is 14.4. The summed E-state index contributed by atoms with van der Waals surface area (Å²) in [6, 6.07) is 5.13. The number of hydrazine groups is 1. The minimum absolute atomic E-state index is 0.220. The lowest BCUT2D eigenvalue weighted by Crippen LogP contribution is -2.62.